The Morgan fingerprint density at radius 3 is 2.19 bits per heavy atom. The van der Waals surface area contributed by atoms with E-state index >= 15 is 0 Å². The Hall–Kier alpha value is -4.44. The Bertz CT molecular complexity index is 1810. The summed E-state index contributed by atoms with van der Waals surface area (Å²) < 4.78 is 34.3. The van der Waals surface area contributed by atoms with Crippen molar-refractivity contribution in [2.75, 3.05) is 65.3 Å². The molecule has 288 valence electrons. The van der Waals surface area contributed by atoms with Crippen LogP contribution in [0.2, 0.25) is 16.6 Å². The SMILES string of the molecule is COCn1c(CCO[Si](C(C)C)(C(C)C)C(C)C)nc(-c2ccc(F)cc2)c1-c1ccnc(Nc2cc([N+](=O)[O-])c(N(C)CCN(C)C)cc2OC)n1. The van der Waals surface area contributed by atoms with E-state index in [0.717, 1.165) is 5.82 Å². The van der Waals surface area contributed by atoms with E-state index in [4.69, 9.17) is 23.9 Å². The van der Waals surface area contributed by atoms with E-state index in [1.807, 2.05) is 35.5 Å². The first kappa shape index (κ1) is 41.3. The number of imidazole rings is 1. The summed E-state index contributed by atoms with van der Waals surface area (Å²) in [6, 6.07) is 11.0. The molecule has 0 radical (unpaired) electrons. The Morgan fingerprint density at radius 1 is 0.962 bits per heavy atom. The second kappa shape index (κ2) is 18.1. The minimum absolute atomic E-state index is 0.0891. The van der Waals surface area contributed by atoms with Crippen molar-refractivity contribution in [2.24, 2.45) is 0 Å². The van der Waals surface area contributed by atoms with Gasteiger partial charge in [0.05, 0.1) is 34.8 Å². The van der Waals surface area contributed by atoms with Crippen LogP contribution in [0, 0.1) is 15.9 Å². The molecule has 0 amide bonds. The molecule has 13 nitrogen and oxygen atoms in total. The predicted octanol–water partition coefficient (Wildman–Crippen LogP) is 8.14. The minimum Gasteiger partial charge on any atom is -0.494 e. The van der Waals surface area contributed by atoms with Crippen molar-refractivity contribution in [3.63, 3.8) is 0 Å². The van der Waals surface area contributed by atoms with Crippen molar-refractivity contribution in [2.45, 2.75) is 71.3 Å². The molecule has 2 heterocycles. The first-order valence-electron chi connectivity index (χ1n) is 17.9. The third-order valence-electron chi connectivity index (χ3n) is 9.74. The van der Waals surface area contributed by atoms with Gasteiger partial charge in [0.1, 0.15) is 29.8 Å². The maximum atomic E-state index is 14.1. The summed E-state index contributed by atoms with van der Waals surface area (Å²) >= 11 is 0. The van der Waals surface area contributed by atoms with Crippen molar-refractivity contribution in [3.05, 3.63) is 70.4 Å². The van der Waals surface area contributed by atoms with E-state index in [1.165, 1.54) is 25.3 Å². The highest BCUT2D eigenvalue weighted by Gasteiger charge is 2.45. The molecule has 53 heavy (non-hydrogen) atoms. The molecule has 15 heteroatoms. The van der Waals surface area contributed by atoms with E-state index in [-0.39, 0.29) is 24.2 Å². The quantitative estimate of drug-likeness (QED) is 0.0566. The summed E-state index contributed by atoms with van der Waals surface area (Å²) in [5.41, 5.74) is 4.42. The standard InChI is InChI=1S/C38H55FN8O5Si/c1-25(2)53(26(3)4,27(5)6)52-21-17-35-43-36(28-12-14-29(39)15-13-28)37(46(35)24-50-10)30-16-18-40-38(41-30)42-31-22-33(47(48)49)32(23-34(31)51-11)45(9)20-19-44(7)8/h12-16,18,22-23,25-27H,17,19-21,24H2,1-11H3,(H,40,41,42). The third-order valence-corrected chi connectivity index (χ3v) is 15.9. The molecule has 0 fully saturated rings. The number of nitrogens with one attached hydrogen (secondary N) is 1. The zero-order valence-electron chi connectivity index (χ0n) is 32.9. The summed E-state index contributed by atoms with van der Waals surface area (Å²) in [5, 5.41) is 15.4. The number of nitro benzene ring substituents is 1. The fourth-order valence-electron chi connectivity index (χ4n) is 7.26. The zero-order chi connectivity index (χ0) is 39.0. The fraction of sp³-hybridized carbons (Fsp3) is 0.500. The molecule has 0 saturated carbocycles. The van der Waals surface area contributed by atoms with Gasteiger partial charge in [0.25, 0.3) is 5.69 Å². The summed E-state index contributed by atoms with van der Waals surface area (Å²) in [4.78, 5) is 30.1. The maximum absolute atomic E-state index is 14.1. The second-order valence-corrected chi connectivity index (χ2v) is 19.9. The average molecular weight is 751 g/mol. The van der Waals surface area contributed by atoms with Crippen LogP contribution in [0.15, 0.2) is 48.7 Å². The van der Waals surface area contributed by atoms with Gasteiger partial charge in [0.2, 0.25) is 5.95 Å². The molecule has 0 saturated heterocycles. The molecule has 4 aromatic rings. The van der Waals surface area contributed by atoms with Gasteiger partial charge in [-0.25, -0.2) is 19.3 Å². The molecule has 2 aromatic heterocycles. The lowest BCUT2D eigenvalue weighted by Gasteiger charge is -2.42. The number of halogens is 1. The molecule has 0 bridgehead atoms. The van der Waals surface area contributed by atoms with Crippen LogP contribution in [0.25, 0.3) is 22.6 Å². The minimum atomic E-state index is -2.14. The number of anilines is 3. The van der Waals surface area contributed by atoms with Crippen molar-refractivity contribution in [3.8, 4) is 28.4 Å². The molecule has 0 aliphatic rings. The monoisotopic (exact) mass is 750 g/mol. The molecular weight excluding hydrogens is 696 g/mol. The van der Waals surface area contributed by atoms with Crippen LogP contribution in [0.3, 0.4) is 0 Å². The van der Waals surface area contributed by atoms with Gasteiger partial charge in [-0.1, -0.05) is 41.5 Å². The van der Waals surface area contributed by atoms with Gasteiger partial charge >= 0.3 is 0 Å². The van der Waals surface area contributed by atoms with Crippen LogP contribution in [0.5, 0.6) is 5.75 Å². The smallest absolute Gasteiger partial charge is 0.294 e. The third kappa shape index (κ3) is 9.38. The van der Waals surface area contributed by atoms with Gasteiger partial charge in [-0.2, -0.15) is 0 Å². The van der Waals surface area contributed by atoms with Gasteiger partial charge in [-0.15, -0.1) is 0 Å². The van der Waals surface area contributed by atoms with Crippen LogP contribution in [0.4, 0.5) is 27.4 Å². The van der Waals surface area contributed by atoms with E-state index in [0.29, 0.717) is 82.5 Å². The predicted molar refractivity (Wildman–Crippen MR) is 211 cm³/mol. The first-order chi connectivity index (χ1) is 25.1. The highest BCUT2D eigenvalue weighted by Crippen LogP contribution is 2.43. The van der Waals surface area contributed by atoms with E-state index in [9.17, 15) is 14.5 Å². The van der Waals surface area contributed by atoms with Crippen molar-refractivity contribution in [1.29, 1.82) is 0 Å². The molecule has 0 atom stereocenters. The van der Waals surface area contributed by atoms with Gasteiger partial charge in [0, 0.05) is 64.2 Å². The topological polar surface area (TPSA) is 133 Å². The molecule has 2 aromatic carbocycles. The lowest BCUT2D eigenvalue weighted by Crippen LogP contribution is -2.48. The van der Waals surface area contributed by atoms with E-state index in [2.05, 4.69) is 51.8 Å². The summed E-state index contributed by atoms with van der Waals surface area (Å²) in [6.07, 6.45) is 2.12. The number of nitrogens with zero attached hydrogens (tertiary/aromatic N) is 7. The molecule has 0 aliphatic heterocycles. The molecular formula is C38H55FN8O5Si. The molecule has 0 unspecified atom stereocenters. The summed E-state index contributed by atoms with van der Waals surface area (Å²) in [5.74, 6) is 0.952. The van der Waals surface area contributed by atoms with E-state index in [1.54, 1.807) is 37.6 Å². The van der Waals surface area contributed by atoms with Crippen molar-refractivity contribution in [1.82, 2.24) is 24.4 Å². The highest BCUT2D eigenvalue weighted by molar-refractivity contribution is 6.77. The van der Waals surface area contributed by atoms with E-state index < -0.39 is 13.2 Å². The van der Waals surface area contributed by atoms with Crippen molar-refractivity contribution >= 4 is 31.3 Å². The highest BCUT2D eigenvalue weighted by atomic mass is 28.4. The largest absolute Gasteiger partial charge is 0.494 e. The summed E-state index contributed by atoms with van der Waals surface area (Å²) in [6.45, 7) is 15.5. The van der Waals surface area contributed by atoms with Gasteiger partial charge in [-0.3, -0.25) is 10.1 Å². The number of hydrogen-bond acceptors (Lipinski definition) is 11. The molecule has 1 N–H and O–H groups in total. The van der Waals surface area contributed by atoms with Crippen LogP contribution < -0.4 is 15.0 Å². The van der Waals surface area contributed by atoms with Crippen LogP contribution >= 0.6 is 0 Å². The van der Waals surface area contributed by atoms with Gasteiger partial charge in [-0.05, 0) is 61.1 Å². The van der Waals surface area contributed by atoms with Crippen LogP contribution in [0.1, 0.15) is 47.4 Å². The number of benzene rings is 2. The molecule has 0 aliphatic carbocycles. The first-order valence-corrected chi connectivity index (χ1v) is 20.1. The number of ether oxygens (including phenoxy) is 2. The average Bonchev–Trinajstić information content (AvgIpc) is 3.46. The van der Waals surface area contributed by atoms with Crippen LogP contribution in [-0.2, 0) is 22.3 Å². The zero-order valence-corrected chi connectivity index (χ0v) is 33.9. The van der Waals surface area contributed by atoms with Crippen LogP contribution in [-0.4, -0.2) is 92.7 Å². The normalized spacial score (nSPS) is 12.0. The Morgan fingerprint density at radius 2 is 1.62 bits per heavy atom. The number of methoxy groups -OCH3 is 2. The fourth-order valence-corrected chi connectivity index (χ4v) is 12.7. The number of nitro groups is 1. The molecule has 4 rings (SSSR count). The maximum Gasteiger partial charge on any atom is 0.294 e. The number of hydrogen-bond donors (Lipinski definition) is 1. The number of likely N-dealkylation sites (N-methyl/N-ethyl adjacent to an activating group) is 2. The lowest BCUT2D eigenvalue weighted by molar-refractivity contribution is -0.384. The van der Waals surface area contributed by atoms with Gasteiger partial charge < -0.3 is 33.6 Å². The Labute approximate surface area is 313 Å². The second-order valence-electron chi connectivity index (χ2n) is 14.4. The Kier molecular flexibility index (Phi) is 14.1. The van der Waals surface area contributed by atoms with Crippen molar-refractivity contribution < 1.29 is 23.2 Å². The van der Waals surface area contributed by atoms with Gasteiger partial charge in [0.15, 0.2) is 8.32 Å². The number of rotatable bonds is 19. The summed E-state index contributed by atoms with van der Waals surface area (Å²) in [7, 11) is 6.69. The lowest BCUT2D eigenvalue weighted by atomic mass is 10.1. The molecule has 0 spiro atoms. The Balaban J connectivity index is 1.79. The number of aromatic nitrogens is 4.